The predicted octanol–water partition coefficient (Wildman–Crippen LogP) is 2.38. The lowest BCUT2D eigenvalue weighted by molar-refractivity contribution is -0.123. The van der Waals surface area contributed by atoms with Crippen molar-refractivity contribution in [1.82, 2.24) is 5.32 Å². The summed E-state index contributed by atoms with van der Waals surface area (Å²) in [5.41, 5.74) is -0.0296. The van der Waals surface area contributed by atoms with Gasteiger partial charge in [-0.15, -0.1) is 0 Å². The molecule has 2 aromatic carbocycles. The van der Waals surface area contributed by atoms with Crippen molar-refractivity contribution in [3.05, 3.63) is 65.0 Å². The van der Waals surface area contributed by atoms with Crippen LogP contribution in [0, 0.1) is 0 Å². The molecule has 0 spiro atoms. The van der Waals surface area contributed by atoms with E-state index in [1.807, 2.05) is 12.1 Å². The molecule has 140 valence electrons. The molecule has 0 bridgehead atoms. The first-order valence-corrected chi connectivity index (χ1v) is 8.35. The third-order valence-corrected chi connectivity index (χ3v) is 3.72. The Labute approximate surface area is 155 Å². The number of ether oxygens (including phenoxy) is 3. The standard InChI is InChI=1S/C20H19NO6/c1-24-16-4-2-3-5-17(16)25-11-10-21-19(22)13-26-15-8-6-14-7-9-20(23)27-18(14)12-15/h2-9,12H,10-11,13H2,1H3,(H,21,22). The molecule has 7 heteroatoms. The number of para-hydroxylation sites is 2. The second kappa shape index (κ2) is 8.75. The molecule has 0 atom stereocenters. The second-order valence-electron chi connectivity index (χ2n) is 5.59. The van der Waals surface area contributed by atoms with Crippen LogP contribution in [0.4, 0.5) is 0 Å². The highest BCUT2D eigenvalue weighted by atomic mass is 16.5. The van der Waals surface area contributed by atoms with Crippen molar-refractivity contribution in [2.45, 2.75) is 0 Å². The van der Waals surface area contributed by atoms with E-state index in [1.54, 1.807) is 43.5 Å². The van der Waals surface area contributed by atoms with Gasteiger partial charge in [0, 0.05) is 17.5 Å². The van der Waals surface area contributed by atoms with Crippen molar-refractivity contribution in [2.75, 3.05) is 26.9 Å². The van der Waals surface area contributed by atoms with Gasteiger partial charge in [0.05, 0.1) is 13.7 Å². The summed E-state index contributed by atoms with van der Waals surface area (Å²) in [6, 6.07) is 15.3. The monoisotopic (exact) mass is 369 g/mol. The molecular formula is C20H19NO6. The van der Waals surface area contributed by atoms with E-state index in [9.17, 15) is 9.59 Å². The molecule has 1 aromatic heterocycles. The van der Waals surface area contributed by atoms with Gasteiger partial charge in [-0.2, -0.15) is 0 Å². The molecule has 0 aliphatic heterocycles. The Kier molecular flexibility index (Phi) is 5.94. The number of hydrogen-bond acceptors (Lipinski definition) is 6. The van der Waals surface area contributed by atoms with Crippen molar-refractivity contribution in [2.24, 2.45) is 0 Å². The van der Waals surface area contributed by atoms with Crippen molar-refractivity contribution in [3.63, 3.8) is 0 Å². The summed E-state index contributed by atoms with van der Waals surface area (Å²) in [4.78, 5) is 23.1. The highest BCUT2D eigenvalue weighted by Crippen LogP contribution is 2.25. The van der Waals surface area contributed by atoms with Gasteiger partial charge in [0.15, 0.2) is 18.1 Å². The molecule has 3 rings (SSSR count). The predicted molar refractivity (Wildman–Crippen MR) is 99.5 cm³/mol. The van der Waals surface area contributed by atoms with Crippen molar-refractivity contribution < 1.29 is 23.4 Å². The third-order valence-electron chi connectivity index (χ3n) is 3.72. The first-order valence-electron chi connectivity index (χ1n) is 8.35. The maximum atomic E-state index is 11.9. The number of nitrogens with one attached hydrogen (secondary N) is 1. The quantitative estimate of drug-likeness (QED) is 0.485. The van der Waals surface area contributed by atoms with Crippen molar-refractivity contribution in [1.29, 1.82) is 0 Å². The normalized spacial score (nSPS) is 10.4. The average molecular weight is 369 g/mol. The maximum absolute atomic E-state index is 11.9. The number of carbonyl (C=O) groups excluding carboxylic acids is 1. The van der Waals surface area contributed by atoms with E-state index in [-0.39, 0.29) is 12.5 Å². The first kappa shape index (κ1) is 18.3. The number of rotatable bonds is 8. The zero-order valence-corrected chi connectivity index (χ0v) is 14.8. The van der Waals surface area contributed by atoms with E-state index in [0.717, 1.165) is 5.39 Å². The fourth-order valence-corrected chi connectivity index (χ4v) is 2.42. The van der Waals surface area contributed by atoms with Crippen LogP contribution in [0.25, 0.3) is 11.0 Å². The number of benzene rings is 2. The van der Waals surface area contributed by atoms with E-state index in [0.29, 0.717) is 36.0 Å². The average Bonchev–Trinajstić information content (AvgIpc) is 2.69. The van der Waals surface area contributed by atoms with E-state index in [2.05, 4.69) is 5.32 Å². The van der Waals surface area contributed by atoms with Gasteiger partial charge in [0.2, 0.25) is 0 Å². The number of amides is 1. The minimum Gasteiger partial charge on any atom is -0.493 e. The number of hydrogen-bond donors (Lipinski definition) is 1. The van der Waals surface area contributed by atoms with Gasteiger partial charge in [0.25, 0.3) is 5.91 Å². The highest BCUT2D eigenvalue weighted by molar-refractivity contribution is 5.79. The lowest BCUT2D eigenvalue weighted by Gasteiger charge is -2.11. The molecule has 0 unspecified atom stereocenters. The lowest BCUT2D eigenvalue weighted by atomic mass is 10.2. The largest absolute Gasteiger partial charge is 0.493 e. The summed E-state index contributed by atoms with van der Waals surface area (Å²) >= 11 is 0. The molecule has 1 amide bonds. The van der Waals surface area contributed by atoms with Gasteiger partial charge < -0.3 is 23.9 Å². The fraction of sp³-hybridized carbons (Fsp3) is 0.200. The van der Waals surface area contributed by atoms with E-state index in [4.69, 9.17) is 18.6 Å². The molecule has 7 nitrogen and oxygen atoms in total. The summed E-state index contributed by atoms with van der Waals surface area (Å²) in [5, 5.41) is 3.48. The molecule has 1 heterocycles. The highest BCUT2D eigenvalue weighted by Gasteiger charge is 2.06. The van der Waals surface area contributed by atoms with Crippen LogP contribution in [0.15, 0.2) is 63.8 Å². The Balaban J connectivity index is 1.44. The second-order valence-corrected chi connectivity index (χ2v) is 5.59. The molecule has 0 fully saturated rings. The van der Waals surface area contributed by atoms with E-state index >= 15 is 0 Å². The minimum atomic E-state index is -0.438. The minimum absolute atomic E-state index is 0.156. The molecule has 3 aromatic rings. The van der Waals surface area contributed by atoms with Gasteiger partial charge in [-0.1, -0.05) is 12.1 Å². The van der Waals surface area contributed by atoms with Crippen LogP contribution in [0.5, 0.6) is 17.2 Å². The van der Waals surface area contributed by atoms with Gasteiger partial charge >= 0.3 is 5.63 Å². The smallest absolute Gasteiger partial charge is 0.336 e. The van der Waals surface area contributed by atoms with E-state index < -0.39 is 5.63 Å². The molecule has 1 N–H and O–H groups in total. The molecule has 0 aliphatic carbocycles. The number of fused-ring (bicyclic) bond motifs is 1. The summed E-state index contributed by atoms with van der Waals surface area (Å²) in [6.07, 6.45) is 0. The molecule has 0 radical (unpaired) electrons. The van der Waals surface area contributed by atoms with Crippen LogP contribution in [0.1, 0.15) is 0 Å². The Morgan fingerprint density at radius 2 is 1.81 bits per heavy atom. The van der Waals surface area contributed by atoms with Crippen LogP contribution in [-0.4, -0.2) is 32.8 Å². The van der Waals surface area contributed by atoms with Crippen LogP contribution in [0.3, 0.4) is 0 Å². The fourth-order valence-electron chi connectivity index (χ4n) is 2.42. The summed E-state index contributed by atoms with van der Waals surface area (Å²) in [5.74, 6) is 1.41. The van der Waals surface area contributed by atoms with Gasteiger partial charge in [-0.25, -0.2) is 4.79 Å². The Bertz CT molecular complexity index is 981. The summed E-state index contributed by atoms with van der Waals surface area (Å²) < 4.78 is 21.3. The van der Waals surface area contributed by atoms with Gasteiger partial charge in [-0.3, -0.25) is 4.79 Å². The van der Waals surface area contributed by atoms with Gasteiger partial charge in [-0.05, 0) is 30.3 Å². The molecule has 0 aliphatic rings. The van der Waals surface area contributed by atoms with Crippen LogP contribution in [-0.2, 0) is 4.79 Å². The number of methoxy groups -OCH3 is 1. The van der Waals surface area contributed by atoms with Crippen molar-refractivity contribution in [3.8, 4) is 17.2 Å². The Morgan fingerprint density at radius 1 is 1.04 bits per heavy atom. The Morgan fingerprint density at radius 3 is 2.63 bits per heavy atom. The summed E-state index contributed by atoms with van der Waals surface area (Å²) in [6.45, 7) is 0.470. The third kappa shape index (κ3) is 5.01. The Hall–Kier alpha value is -3.48. The topological polar surface area (TPSA) is 87.0 Å². The number of carbonyl (C=O) groups is 1. The summed E-state index contributed by atoms with van der Waals surface area (Å²) in [7, 11) is 1.57. The van der Waals surface area contributed by atoms with Crippen molar-refractivity contribution >= 4 is 16.9 Å². The molecular weight excluding hydrogens is 350 g/mol. The molecule has 0 saturated heterocycles. The maximum Gasteiger partial charge on any atom is 0.336 e. The SMILES string of the molecule is COc1ccccc1OCCNC(=O)COc1ccc2ccc(=O)oc2c1. The zero-order chi connectivity index (χ0) is 19.1. The van der Waals surface area contributed by atoms with E-state index in [1.165, 1.54) is 6.07 Å². The lowest BCUT2D eigenvalue weighted by Crippen LogP contribution is -2.32. The molecule has 27 heavy (non-hydrogen) atoms. The van der Waals surface area contributed by atoms with Gasteiger partial charge in [0.1, 0.15) is 17.9 Å². The first-order chi connectivity index (χ1) is 13.2. The zero-order valence-electron chi connectivity index (χ0n) is 14.8. The van der Waals surface area contributed by atoms with Crippen LogP contribution in [0.2, 0.25) is 0 Å². The van der Waals surface area contributed by atoms with Crippen LogP contribution < -0.4 is 25.2 Å². The van der Waals surface area contributed by atoms with Crippen LogP contribution >= 0.6 is 0 Å². The molecule has 0 saturated carbocycles.